The van der Waals surface area contributed by atoms with Crippen molar-refractivity contribution in [2.45, 2.75) is 38.6 Å². The van der Waals surface area contributed by atoms with Crippen molar-refractivity contribution < 1.29 is 4.79 Å². The number of amides is 2. The Bertz CT molecular complexity index is 654. The predicted molar refractivity (Wildman–Crippen MR) is 87.0 cm³/mol. The van der Waals surface area contributed by atoms with Gasteiger partial charge in [-0.1, -0.05) is 0 Å². The largest absolute Gasteiger partial charge is 0.348 e. The van der Waals surface area contributed by atoms with Crippen LogP contribution in [0.5, 0.6) is 0 Å². The fourth-order valence-electron chi connectivity index (χ4n) is 3.18. The van der Waals surface area contributed by atoms with E-state index in [-0.39, 0.29) is 12.1 Å². The second-order valence-electron chi connectivity index (χ2n) is 6.25. The number of aromatic amines is 1. The molecule has 3 heterocycles. The minimum atomic E-state index is -0.0402. The monoisotopic (exact) mass is 316 g/mol. The smallest absolute Gasteiger partial charge is 0.317 e. The number of hydrogen-bond donors (Lipinski definition) is 2. The molecule has 7 heteroatoms. The number of nitrogens with zero attached hydrogens (tertiary/aromatic N) is 4. The normalized spacial score (nSPS) is 17.3. The third-order valence-electron chi connectivity index (χ3n) is 4.82. The van der Waals surface area contributed by atoms with E-state index in [1.807, 2.05) is 42.9 Å². The van der Waals surface area contributed by atoms with Gasteiger partial charge in [-0.3, -0.25) is 4.68 Å². The molecule has 2 aromatic rings. The molecular weight excluding hydrogens is 292 g/mol. The van der Waals surface area contributed by atoms with Crippen molar-refractivity contribution in [1.82, 2.24) is 30.0 Å². The quantitative estimate of drug-likeness (QED) is 0.910. The summed E-state index contributed by atoms with van der Waals surface area (Å²) in [6.07, 6.45) is 7.36. The van der Waals surface area contributed by atoms with Crippen molar-refractivity contribution >= 4 is 6.03 Å². The number of H-pyrrole nitrogens is 1. The molecule has 7 nitrogen and oxygen atoms in total. The van der Waals surface area contributed by atoms with Crippen LogP contribution < -0.4 is 5.32 Å². The van der Waals surface area contributed by atoms with Gasteiger partial charge in [0.2, 0.25) is 0 Å². The van der Waals surface area contributed by atoms with Crippen LogP contribution in [0.4, 0.5) is 4.79 Å². The lowest BCUT2D eigenvalue weighted by Crippen LogP contribution is -2.44. The van der Waals surface area contributed by atoms with E-state index in [0.29, 0.717) is 5.92 Å². The number of nitrogens with one attached hydrogen (secondary N) is 2. The van der Waals surface area contributed by atoms with E-state index in [2.05, 4.69) is 20.4 Å². The number of piperidine rings is 1. The molecule has 2 amide bonds. The highest BCUT2D eigenvalue weighted by Crippen LogP contribution is 2.26. The van der Waals surface area contributed by atoms with Crippen molar-refractivity contribution in [2.24, 2.45) is 7.05 Å². The average Bonchev–Trinajstić information content (AvgIpc) is 3.19. The Morgan fingerprint density at radius 3 is 2.70 bits per heavy atom. The lowest BCUT2D eigenvalue weighted by atomic mass is 9.94. The molecule has 0 saturated carbocycles. The molecule has 1 fully saturated rings. The van der Waals surface area contributed by atoms with Crippen molar-refractivity contribution in [3.05, 3.63) is 35.7 Å². The first-order valence-electron chi connectivity index (χ1n) is 8.08. The van der Waals surface area contributed by atoms with E-state index in [0.717, 1.165) is 37.2 Å². The standard InChI is InChI=1S/C16H24N6O/c1-11(14-8-19-21(3)12(14)2)20-16(23)22-6-4-13(5-7-22)15-9-17-10-18-15/h8-11,13H,4-7H2,1-3H3,(H,17,18)(H,20,23)/t11-/m1/s1. The maximum Gasteiger partial charge on any atom is 0.317 e. The number of imidazole rings is 1. The number of likely N-dealkylation sites (tertiary alicyclic amines) is 1. The fourth-order valence-corrected chi connectivity index (χ4v) is 3.18. The molecule has 0 aliphatic carbocycles. The molecule has 1 saturated heterocycles. The molecule has 1 atom stereocenters. The molecule has 2 N–H and O–H groups in total. The summed E-state index contributed by atoms with van der Waals surface area (Å²) in [5.74, 6) is 0.472. The van der Waals surface area contributed by atoms with Gasteiger partial charge in [-0.05, 0) is 26.7 Å². The van der Waals surface area contributed by atoms with Crippen LogP contribution in [0.15, 0.2) is 18.7 Å². The topological polar surface area (TPSA) is 78.8 Å². The predicted octanol–water partition coefficient (Wildman–Crippen LogP) is 2.10. The molecule has 2 aromatic heterocycles. The summed E-state index contributed by atoms with van der Waals surface area (Å²) in [6, 6.07) is -0.0367. The van der Waals surface area contributed by atoms with Crippen molar-refractivity contribution in [3.8, 4) is 0 Å². The number of carbonyl (C=O) groups excluding carboxylic acids is 1. The summed E-state index contributed by atoms with van der Waals surface area (Å²) in [6.45, 7) is 5.56. The number of hydrogen-bond acceptors (Lipinski definition) is 3. The highest BCUT2D eigenvalue weighted by atomic mass is 16.2. The Hall–Kier alpha value is -2.31. The van der Waals surface area contributed by atoms with E-state index in [9.17, 15) is 4.79 Å². The molecule has 23 heavy (non-hydrogen) atoms. The van der Waals surface area contributed by atoms with Crippen LogP contribution in [0.25, 0.3) is 0 Å². The van der Waals surface area contributed by atoms with Crippen molar-refractivity contribution in [3.63, 3.8) is 0 Å². The first kappa shape index (κ1) is 15.6. The molecule has 0 aromatic carbocycles. The number of aryl methyl sites for hydroxylation is 1. The SMILES string of the molecule is Cc1c([C@@H](C)NC(=O)N2CCC(c3cnc[nH]3)CC2)cnn1C. The number of urea groups is 1. The highest BCUT2D eigenvalue weighted by Gasteiger charge is 2.25. The molecule has 0 spiro atoms. The zero-order chi connectivity index (χ0) is 16.4. The third kappa shape index (κ3) is 3.23. The summed E-state index contributed by atoms with van der Waals surface area (Å²) >= 11 is 0. The van der Waals surface area contributed by atoms with Gasteiger partial charge in [0.25, 0.3) is 0 Å². The van der Waals surface area contributed by atoms with Gasteiger partial charge in [0, 0.05) is 49.2 Å². The average molecular weight is 316 g/mol. The van der Waals surface area contributed by atoms with Crippen LogP contribution in [0.1, 0.15) is 48.7 Å². The maximum atomic E-state index is 12.5. The minimum absolute atomic E-state index is 0.00353. The van der Waals surface area contributed by atoms with Crippen LogP contribution in [0.2, 0.25) is 0 Å². The zero-order valence-electron chi connectivity index (χ0n) is 13.9. The highest BCUT2D eigenvalue weighted by molar-refractivity contribution is 5.74. The maximum absolute atomic E-state index is 12.5. The van der Waals surface area contributed by atoms with Gasteiger partial charge in [0.05, 0.1) is 18.6 Å². The molecule has 1 aliphatic rings. The Labute approximate surface area is 136 Å². The summed E-state index contributed by atoms with van der Waals surface area (Å²) in [5, 5.41) is 7.32. The molecule has 0 radical (unpaired) electrons. The van der Waals surface area contributed by atoms with Crippen molar-refractivity contribution in [1.29, 1.82) is 0 Å². The van der Waals surface area contributed by atoms with Gasteiger partial charge in [0.15, 0.2) is 0 Å². The first-order chi connectivity index (χ1) is 11.1. The Morgan fingerprint density at radius 2 is 2.13 bits per heavy atom. The second-order valence-corrected chi connectivity index (χ2v) is 6.25. The van der Waals surface area contributed by atoms with Gasteiger partial charge in [-0.15, -0.1) is 0 Å². The molecular formula is C16H24N6O. The van der Waals surface area contributed by atoms with E-state index < -0.39 is 0 Å². The van der Waals surface area contributed by atoms with Gasteiger partial charge in [0.1, 0.15) is 0 Å². The second kappa shape index (κ2) is 6.44. The van der Waals surface area contributed by atoms with E-state index in [4.69, 9.17) is 0 Å². The molecule has 0 unspecified atom stereocenters. The number of rotatable bonds is 3. The molecule has 1 aliphatic heterocycles. The van der Waals surface area contributed by atoms with Crippen LogP contribution in [-0.4, -0.2) is 43.8 Å². The van der Waals surface area contributed by atoms with Gasteiger partial charge < -0.3 is 15.2 Å². The van der Waals surface area contributed by atoms with Gasteiger partial charge in [-0.2, -0.15) is 5.10 Å². The van der Waals surface area contributed by atoms with Crippen molar-refractivity contribution in [2.75, 3.05) is 13.1 Å². The Kier molecular flexibility index (Phi) is 4.36. The summed E-state index contributed by atoms with van der Waals surface area (Å²) < 4.78 is 1.83. The van der Waals surface area contributed by atoms with Crippen LogP contribution in [-0.2, 0) is 7.05 Å². The lowest BCUT2D eigenvalue weighted by Gasteiger charge is -2.32. The molecule has 3 rings (SSSR count). The van der Waals surface area contributed by atoms with Crippen LogP contribution in [0.3, 0.4) is 0 Å². The summed E-state index contributed by atoms with van der Waals surface area (Å²) in [4.78, 5) is 21.6. The first-order valence-corrected chi connectivity index (χ1v) is 8.08. The Morgan fingerprint density at radius 1 is 1.39 bits per heavy atom. The van der Waals surface area contributed by atoms with Gasteiger partial charge >= 0.3 is 6.03 Å². The number of carbonyl (C=O) groups is 1. The summed E-state index contributed by atoms with van der Waals surface area (Å²) in [7, 11) is 1.91. The lowest BCUT2D eigenvalue weighted by molar-refractivity contribution is 0.178. The van der Waals surface area contributed by atoms with Crippen LogP contribution >= 0.6 is 0 Å². The fraction of sp³-hybridized carbons (Fsp3) is 0.562. The summed E-state index contributed by atoms with van der Waals surface area (Å²) in [5.41, 5.74) is 3.31. The minimum Gasteiger partial charge on any atom is -0.348 e. The number of aromatic nitrogens is 4. The van der Waals surface area contributed by atoms with E-state index in [1.54, 1.807) is 6.33 Å². The Balaban J connectivity index is 1.54. The third-order valence-corrected chi connectivity index (χ3v) is 4.82. The zero-order valence-corrected chi connectivity index (χ0v) is 13.9. The van der Waals surface area contributed by atoms with E-state index >= 15 is 0 Å². The van der Waals surface area contributed by atoms with Crippen LogP contribution in [0, 0.1) is 6.92 Å². The molecule has 0 bridgehead atoms. The van der Waals surface area contributed by atoms with E-state index in [1.165, 1.54) is 5.69 Å². The van der Waals surface area contributed by atoms with Gasteiger partial charge in [-0.25, -0.2) is 9.78 Å². The molecule has 124 valence electrons.